The Morgan fingerprint density at radius 2 is 2.00 bits per heavy atom. The van der Waals surface area contributed by atoms with Crippen molar-refractivity contribution < 1.29 is 14.4 Å². The fourth-order valence-electron chi connectivity index (χ4n) is 7.15. The van der Waals surface area contributed by atoms with Crippen LogP contribution in [-0.4, -0.2) is 88.7 Å². The number of piperidine rings is 1. The number of fused-ring (bicyclic) bond motifs is 4. The van der Waals surface area contributed by atoms with Crippen LogP contribution in [0.15, 0.2) is 18.2 Å². The maximum Gasteiger partial charge on any atom is 0.253 e. The fraction of sp³-hybridized carbons (Fsp3) is 0.630. The molecule has 8 nitrogen and oxygen atoms in total. The maximum atomic E-state index is 13.5. The standard InChI is InChI=1S/C27H33N5O3/c1-15(25(33)31-19(12-28)9-18-10-23(18)31)13-30-14-20-11-24(30)27(35)32(20)22-7-5-16-8-17(4-6-21(16)22)26(34)29(2)3/h4,6,8,15,18-20,22-24H,5,7,9-11,13-14H2,1-3H3/t15-,18+,19-,20-,22-,23?,24-/m0/s1. The summed E-state index contributed by atoms with van der Waals surface area (Å²) in [5, 5.41) is 9.46. The molecule has 1 saturated carbocycles. The Morgan fingerprint density at radius 1 is 1.20 bits per heavy atom. The van der Waals surface area contributed by atoms with Crippen LogP contribution in [0.3, 0.4) is 0 Å². The van der Waals surface area contributed by atoms with Crippen molar-refractivity contribution in [1.82, 2.24) is 19.6 Å². The highest BCUT2D eigenvalue weighted by molar-refractivity contribution is 5.94. The predicted octanol–water partition coefficient (Wildman–Crippen LogP) is 1.81. The number of piperazine rings is 1. The van der Waals surface area contributed by atoms with Gasteiger partial charge in [0.25, 0.3) is 5.91 Å². The zero-order valence-corrected chi connectivity index (χ0v) is 20.7. The van der Waals surface area contributed by atoms with Crippen LogP contribution in [0.1, 0.15) is 60.1 Å². The minimum absolute atomic E-state index is 0.000841. The molecule has 184 valence electrons. The second-order valence-electron chi connectivity index (χ2n) is 11.4. The summed E-state index contributed by atoms with van der Waals surface area (Å²) in [5.41, 5.74) is 3.04. The molecule has 8 heteroatoms. The van der Waals surface area contributed by atoms with E-state index in [1.54, 1.807) is 19.0 Å². The lowest BCUT2D eigenvalue weighted by molar-refractivity contribution is -0.142. The van der Waals surface area contributed by atoms with Gasteiger partial charge in [-0.3, -0.25) is 19.3 Å². The Balaban J connectivity index is 1.12. The molecule has 1 unspecified atom stereocenters. The van der Waals surface area contributed by atoms with E-state index in [9.17, 15) is 19.6 Å². The first kappa shape index (κ1) is 22.5. The number of carbonyl (C=O) groups excluding carboxylic acids is 3. The average Bonchev–Trinajstić information content (AvgIpc) is 3.18. The first-order chi connectivity index (χ1) is 16.8. The van der Waals surface area contributed by atoms with E-state index in [2.05, 4.69) is 15.9 Å². The van der Waals surface area contributed by atoms with Gasteiger partial charge in [0.1, 0.15) is 6.04 Å². The van der Waals surface area contributed by atoms with Crippen LogP contribution >= 0.6 is 0 Å². The van der Waals surface area contributed by atoms with E-state index in [0.717, 1.165) is 38.6 Å². The summed E-state index contributed by atoms with van der Waals surface area (Å²) < 4.78 is 0. The molecule has 7 atom stereocenters. The largest absolute Gasteiger partial charge is 0.345 e. The lowest BCUT2D eigenvalue weighted by Crippen LogP contribution is -2.53. The summed E-state index contributed by atoms with van der Waals surface area (Å²) >= 11 is 0. The van der Waals surface area contributed by atoms with Crippen LogP contribution < -0.4 is 0 Å². The minimum Gasteiger partial charge on any atom is -0.345 e. The average molecular weight is 476 g/mol. The van der Waals surface area contributed by atoms with E-state index in [0.29, 0.717) is 18.0 Å². The Hall–Kier alpha value is -2.92. The third kappa shape index (κ3) is 3.47. The number of nitrogens with zero attached hydrogens (tertiary/aromatic N) is 5. The van der Waals surface area contributed by atoms with Gasteiger partial charge in [0.05, 0.1) is 18.2 Å². The molecule has 0 radical (unpaired) electrons. The Morgan fingerprint density at radius 3 is 2.71 bits per heavy atom. The van der Waals surface area contributed by atoms with Gasteiger partial charge in [0.2, 0.25) is 11.8 Å². The minimum atomic E-state index is -0.281. The molecule has 35 heavy (non-hydrogen) atoms. The third-order valence-corrected chi connectivity index (χ3v) is 8.93. The van der Waals surface area contributed by atoms with E-state index in [-0.39, 0.29) is 53.8 Å². The topological polar surface area (TPSA) is 88.0 Å². The molecule has 2 aliphatic carbocycles. The van der Waals surface area contributed by atoms with Crippen molar-refractivity contribution in [3.05, 3.63) is 34.9 Å². The smallest absolute Gasteiger partial charge is 0.253 e. The summed E-state index contributed by atoms with van der Waals surface area (Å²) in [4.78, 5) is 46.7. The van der Waals surface area contributed by atoms with Gasteiger partial charge in [-0.05, 0) is 61.3 Å². The first-order valence-corrected chi connectivity index (χ1v) is 12.9. The van der Waals surface area contributed by atoms with Crippen molar-refractivity contribution in [2.75, 3.05) is 27.2 Å². The summed E-state index contributed by atoms with van der Waals surface area (Å²) in [6.07, 6.45) is 4.44. The molecule has 3 saturated heterocycles. The predicted molar refractivity (Wildman–Crippen MR) is 128 cm³/mol. The molecule has 1 aromatic rings. The van der Waals surface area contributed by atoms with Gasteiger partial charge in [-0.15, -0.1) is 0 Å². The molecule has 0 aromatic heterocycles. The molecule has 0 N–H and O–H groups in total. The second-order valence-corrected chi connectivity index (χ2v) is 11.4. The molecule has 3 heterocycles. The molecule has 4 fully saturated rings. The van der Waals surface area contributed by atoms with Gasteiger partial charge in [0.15, 0.2) is 0 Å². The number of likely N-dealkylation sites (tertiary alicyclic amines) is 3. The van der Waals surface area contributed by atoms with Crippen LogP contribution in [0, 0.1) is 23.2 Å². The maximum absolute atomic E-state index is 13.5. The molecule has 3 amide bonds. The Kier molecular flexibility index (Phi) is 5.19. The zero-order valence-electron chi connectivity index (χ0n) is 20.7. The number of aryl methyl sites for hydroxylation is 1. The quantitative estimate of drug-likeness (QED) is 0.648. The van der Waals surface area contributed by atoms with Crippen molar-refractivity contribution in [2.24, 2.45) is 11.8 Å². The summed E-state index contributed by atoms with van der Waals surface area (Å²) in [5.74, 6) is 0.539. The van der Waals surface area contributed by atoms with Crippen LogP contribution in [0.25, 0.3) is 0 Å². The number of hydrogen-bond donors (Lipinski definition) is 0. The highest BCUT2D eigenvalue weighted by atomic mass is 16.2. The number of amides is 3. The van der Waals surface area contributed by atoms with E-state index < -0.39 is 0 Å². The summed E-state index contributed by atoms with van der Waals surface area (Å²) in [7, 11) is 3.52. The fourth-order valence-corrected chi connectivity index (χ4v) is 7.15. The molecule has 0 spiro atoms. The Labute approximate surface area is 206 Å². The lowest BCUT2D eigenvalue weighted by Gasteiger charge is -2.39. The van der Waals surface area contributed by atoms with Crippen molar-refractivity contribution in [1.29, 1.82) is 5.26 Å². The van der Waals surface area contributed by atoms with Gasteiger partial charge in [0, 0.05) is 50.7 Å². The molecule has 1 aromatic carbocycles. The highest BCUT2D eigenvalue weighted by Gasteiger charge is 2.56. The number of benzene rings is 1. The van der Waals surface area contributed by atoms with Crippen LogP contribution in [-0.2, 0) is 16.0 Å². The highest BCUT2D eigenvalue weighted by Crippen LogP contribution is 2.48. The SMILES string of the molecule is C[C@@H](CN1C[C@@H]2C[C@H]1C(=O)N2[C@H]1CCc2cc(C(=O)N(C)C)ccc21)C(=O)N1C2C[C@H]2C[C@H]1C#N. The molecule has 3 aliphatic heterocycles. The number of carbonyl (C=O) groups is 3. The van der Waals surface area contributed by atoms with Gasteiger partial charge in [-0.2, -0.15) is 5.26 Å². The van der Waals surface area contributed by atoms with Gasteiger partial charge >= 0.3 is 0 Å². The van der Waals surface area contributed by atoms with E-state index >= 15 is 0 Å². The monoisotopic (exact) mass is 475 g/mol. The summed E-state index contributed by atoms with van der Waals surface area (Å²) in [6, 6.07) is 8.28. The first-order valence-electron chi connectivity index (χ1n) is 12.9. The Bertz CT molecular complexity index is 1140. The van der Waals surface area contributed by atoms with Crippen LogP contribution in [0.2, 0.25) is 0 Å². The van der Waals surface area contributed by atoms with Crippen molar-refractivity contribution in [3.8, 4) is 6.07 Å². The van der Waals surface area contributed by atoms with E-state index in [4.69, 9.17) is 0 Å². The van der Waals surface area contributed by atoms with Crippen molar-refractivity contribution in [3.63, 3.8) is 0 Å². The molecule has 2 bridgehead atoms. The normalized spacial score (nSPS) is 33.5. The third-order valence-electron chi connectivity index (χ3n) is 8.93. The van der Waals surface area contributed by atoms with Gasteiger partial charge in [-0.25, -0.2) is 0 Å². The van der Waals surface area contributed by atoms with E-state index in [1.807, 2.05) is 30.0 Å². The summed E-state index contributed by atoms with van der Waals surface area (Å²) in [6.45, 7) is 3.31. The van der Waals surface area contributed by atoms with E-state index in [1.165, 1.54) is 11.1 Å². The van der Waals surface area contributed by atoms with Gasteiger partial charge < -0.3 is 14.7 Å². The molecular weight excluding hydrogens is 442 g/mol. The van der Waals surface area contributed by atoms with Crippen molar-refractivity contribution in [2.45, 2.75) is 69.2 Å². The molecule has 6 rings (SSSR count). The van der Waals surface area contributed by atoms with Crippen LogP contribution in [0.4, 0.5) is 0 Å². The van der Waals surface area contributed by atoms with Gasteiger partial charge in [-0.1, -0.05) is 13.0 Å². The number of rotatable bonds is 5. The zero-order chi connectivity index (χ0) is 24.6. The van der Waals surface area contributed by atoms with Crippen molar-refractivity contribution >= 4 is 17.7 Å². The number of nitriles is 1. The lowest BCUT2D eigenvalue weighted by atomic mass is 10.0. The number of hydrogen-bond acceptors (Lipinski definition) is 5. The molecular formula is C27H33N5O3. The second kappa shape index (κ2) is 8.06. The van der Waals surface area contributed by atoms with Crippen LogP contribution in [0.5, 0.6) is 0 Å². The molecule has 5 aliphatic rings.